The molecule has 2 bridgehead atoms. The van der Waals surface area contributed by atoms with E-state index in [0.29, 0.717) is 33.8 Å². The zero-order valence-electron chi connectivity index (χ0n) is 16.9. The maximum atomic E-state index is 13.2. The van der Waals surface area contributed by atoms with E-state index in [-0.39, 0.29) is 41.4 Å². The molecule has 1 N–H and O–H groups in total. The molecule has 0 radical (unpaired) electrons. The Hall–Kier alpha value is -2.92. The Morgan fingerprint density at radius 2 is 1.58 bits per heavy atom. The van der Waals surface area contributed by atoms with Gasteiger partial charge >= 0.3 is 0 Å². The van der Waals surface area contributed by atoms with Crippen LogP contribution in [0.1, 0.15) is 22.3 Å². The van der Waals surface area contributed by atoms with Crippen molar-refractivity contribution in [2.75, 3.05) is 10.2 Å². The number of nitrogens with zero attached hydrogens (tertiary/aromatic N) is 1. The third-order valence-corrected chi connectivity index (χ3v) is 7.73. The van der Waals surface area contributed by atoms with E-state index in [1.807, 2.05) is 13.0 Å². The van der Waals surface area contributed by atoms with Crippen LogP contribution in [0.25, 0.3) is 0 Å². The van der Waals surface area contributed by atoms with E-state index in [2.05, 4.69) is 17.5 Å². The van der Waals surface area contributed by atoms with Gasteiger partial charge < -0.3 is 5.32 Å². The Balaban J connectivity index is 1.23. The van der Waals surface area contributed by atoms with Crippen LogP contribution < -0.4 is 10.2 Å². The highest BCUT2D eigenvalue weighted by Crippen LogP contribution is 2.65. The van der Waals surface area contributed by atoms with Gasteiger partial charge in [-0.25, -0.2) is 0 Å². The number of amides is 3. The van der Waals surface area contributed by atoms with E-state index in [1.54, 1.807) is 36.4 Å². The highest BCUT2D eigenvalue weighted by molar-refractivity contribution is 6.31. The lowest BCUT2D eigenvalue weighted by atomic mass is 9.63. The summed E-state index contributed by atoms with van der Waals surface area (Å²) in [4.78, 5) is 40.4. The highest BCUT2D eigenvalue weighted by Gasteiger charge is 2.67. The van der Waals surface area contributed by atoms with Crippen molar-refractivity contribution in [3.63, 3.8) is 0 Å². The SMILES string of the molecule is Cc1ccc(Cl)cc1NC(=O)c1ccc(N2C(=O)[C@@H]3[C@H]4C=C[C@@H]([C@@H]5C[C@H]45)[C@H]3C2=O)cc1. The number of imide groups is 1. The highest BCUT2D eigenvalue weighted by atomic mass is 35.5. The van der Waals surface area contributed by atoms with Crippen molar-refractivity contribution in [2.45, 2.75) is 13.3 Å². The van der Waals surface area contributed by atoms with Gasteiger partial charge in [0.25, 0.3) is 5.91 Å². The summed E-state index contributed by atoms with van der Waals surface area (Å²) in [5, 5.41) is 3.41. The first-order valence-electron chi connectivity index (χ1n) is 10.7. The summed E-state index contributed by atoms with van der Waals surface area (Å²) < 4.78 is 0. The van der Waals surface area contributed by atoms with Gasteiger partial charge in [0.15, 0.2) is 0 Å². The predicted octanol–water partition coefficient (Wildman–Crippen LogP) is 4.46. The molecule has 5 aliphatic rings. The molecule has 1 saturated heterocycles. The standard InChI is InChI=1S/C25H21ClN2O3/c1-12-2-5-14(26)10-20(12)27-23(29)13-3-6-15(7-4-13)28-24(30)21-16-8-9-17(19-11-18(16)19)22(21)25(28)31/h2-10,16-19,21-22H,11H2,1H3,(H,27,29)/t16-,17-,18-,19+,21+,22+/m0/s1. The summed E-state index contributed by atoms with van der Waals surface area (Å²) in [7, 11) is 0. The number of rotatable bonds is 3. The smallest absolute Gasteiger partial charge is 0.255 e. The van der Waals surface area contributed by atoms with Gasteiger partial charge in [0.2, 0.25) is 11.8 Å². The quantitative estimate of drug-likeness (QED) is 0.575. The van der Waals surface area contributed by atoms with Crippen LogP contribution in [0.2, 0.25) is 5.02 Å². The molecule has 6 atom stereocenters. The molecule has 0 aromatic heterocycles. The summed E-state index contributed by atoms with van der Waals surface area (Å²) in [6, 6.07) is 12.0. The van der Waals surface area contributed by atoms with Crippen molar-refractivity contribution >= 4 is 40.7 Å². The number of nitrogens with one attached hydrogen (secondary N) is 1. The first-order valence-corrected chi connectivity index (χ1v) is 11.1. The molecule has 0 spiro atoms. The van der Waals surface area contributed by atoms with E-state index in [9.17, 15) is 14.4 Å². The summed E-state index contributed by atoms with van der Waals surface area (Å²) in [5.41, 5.74) is 2.54. The molecule has 0 unspecified atom stereocenters. The average Bonchev–Trinajstić information content (AvgIpc) is 3.54. The lowest BCUT2D eigenvalue weighted by molar-refractivity contribution is -0.124. The van der Waals surface area contributed by atoms with Gasteiger partial charge in [-0.15, -0.1) is 0 Å². The largest absolute Gasteiger partial charge is 0.322 e. The fourth-order valence-electron chi connectivity index (χ4n) is 5.90. The van der Waals surface area contributed by atoms with Crippen LogP contribution in [0.4, 0.5) is 11.4 Å². The number of benzene rings is 2. The number of carbonyl (C=O) groups is 3. The lowest BCUT2D eigenvalue weighted by Gasteiger charge is -2.37. The van der Waals surface area contributed by atoms with Crippen molar-refractivity contribution in [1.82, 2.24) is 0 Å². The van der Waals surface area contributed by atoms with Gasteiger partial charge in [-0.1, -0.05) is 29.8 Å². The molecule has 2 aromatic rings. The number of anilines is 2. The maximum Gasteiger partial charge on any atom is 0.255 e. The van der Waals surface area contributed by atoms with Gasteiger partial charge in [-0.3, -0.25) is 19.3 Å². The molecule has 31 heavy (non-hydrogen) atoms. The normalized spacial score (nSPS) is 32.1. The molecule has 3 fully saturated rings. The molecule has 1 aliphatic heterocycles. The van der Waals surface area contributed by atoms with E-state index >= 15 is 0 Å². The van der Waals surface area contributed by atoms with Gasteiger partial charge in [0.1, 0.15) is 0 Å². The first kappa shape index (κ1) is 18.8. The summed E-state index contributed by atoms with van der Waals surface area (Å²) in [6.45, 7) is 1.89. The van der Waals surface area contributed by atoms with Crippen molar-refractivity contribution in [3.8, 4) is 0 Å². The topological polar surface area (TPSA) is 66.5 Å². The molecule has 2 aromatic carbocycles. The molecule has 6 heteroatoms. The summed E-state index contributed by atoms with van der Waals surface area (Å²) in [5.74, 6) is 0.660. The fraction of sp³-hybridized carbons (Fsp3) is 0.320. The van der Waals surface area contributed by atoms with Crippen LogP contribution in [0.5, 0.6) is 0 Å². The van der Waals surface area contributed by atoms with E-state index in [4.69, 9.17) is 11.6 Å². The van der Waals surface area contributed by atoms with Crippen molar-refractivity contribution in [2.24, 2.45) is 35.5 Å². The van der Waals surface area contributed by atoms with Crippen molar-refractivity contribution in [3.05, 3.63) is 70.8 Å². The van der Waals surface area contributed by atoms with Gasteiger partial charge in [-0.05, 0) is 79.0 Å². The molecule has 5 nitrogen and oxygen atoms in total. The zero-order valence-corrected chi connectivity index (χ0v) is 17.7. The molecule has 1 heterocycles. The minimum atomic E-state index is -0.271. The third-order valence-electron chi connectivity index (χ3n) is 7.50. The van der Waals surface area contributed by atoms with E-state index < -0.39 is 0 Å². The van der Waals surface area contributed by atoms with Gasteiger partial charge in [0, 0.05) is 16.3 Å². The number of halogens is 1. The Bertz CT molecular complexity index is 1140. The van der Waals surface area contributed by atoms with Gasteiger partial charge in [0.05, 0.1) is 17.5 Å². The second kappa shape index (κ2) is 6.54. The fourth-order valence-corrected chi connectivity index (χ4v) is 6.07. The first-order chi connectivity index (χ1) is 14.9. The summed E-state index contributed by atoms with van der Waals surface area (Å²) in [6.07, 6.45) is 5.48. The Labute approximate surface area is 185 Å². The molecular formula is C25H21ClN2O3. The summed E-state index contributed by atoms with van der Waals surface area (Å²) >= 11 is 6.03. The van der Waals surface area contributed by atoms with Crippen LogP contribution in [0.15, 0.2) is 54.6 Å². The van der Waals surface area contributed by atoms with Crippen LogP contribution in [0.3, 0.4) is 0 Å². The number of allylic oxidation sites excluding steroid dienone is 2. The number of hydrogen-bond acceptors (Lipinski definition) is 3. The molecule has 4 aliphatic carbocycles. The second-order valence-electron chi connectivity index (χ2n) is 9.13. The van der Waals surface area contributed by atoms with Crippen LogP contribution in [-0.2, 0) is 9.59 Å². The maximum absolute atomic E-state index is 13.2. The second-order valence-corrected chi connectivity index (χ2v) is 9.56. The van der Waals surface area contributed by atoms with Gasteiger partial charge in [-0.2, -0.15) is 0 Å². The monoisotopic (exact) mass is 432 g/mol. The molecule has 156 valence electrons. The van der Waals surface area contributed by atoms with Crippen LogP contribution in [-0.4, -0.2) is 17.7 Å². The van der Waals surface area contributed by atoms with E-state index in [0.717, 1.165) is 12.0 Å². The number of aryl methyl sites for hydroxylation is 1. The zero-order chi connectivity index (χ0) is 21.4. The minimum absolute atomic E-state index is 0.0912. The van der Waals surface area contributed by atoms with Crippen LogP contribution >= 0.6 is 11.6 Å². The molecule has 2 saturated carbocycles. The minimum Gasteiger partial charge on any atom is -0.322 e. The van der Waals surface area contributed by atoms with Crippen molar-refractivity contribution < 1.29 is 14.4 Å². The molecule has 3 amide bonds. The lowest BCUT2D eigenvalue weighted by Crippen LogP contribution is -2.40. The Kier molecular flexibility index (Phi) is 3.97. The van der Waals surface area contributed by atoms with Crippen molar-refractivity contribution in [1.29, 1.82) is 0 Å². The Morgan fingerprint density at radius 1 is 0.968 bits per heavy atom. The Morgan fingerprint density at radius 3 is 2.19 bits per heavy atom. The van der Waals surface area contributed by atoms with E-state index in [1.165, 1.54) is 4.90 Å². The molecular weight excluding hydrogens is 412 g/mol. The van der Waals surface area contributed by atoms with Crippen LogP contribution in [0, 0.1) is 42.4 Å². The average molecular weight is 433 g/mol. The number of hydrogen-bond donors (Lipinski definition) is 1. The third kappa shape index (κ3) is 2.72. The number of carbonyl (C=O) groups excluding carboxylic acids is 3. The predicted molar refractivity (Wildman–Crippen MR) is 118 cm³/mol. The molecule has 7 rings (SSSR count).